The summed E-state index contributed by atoms with van der Waals surface area (Å²) in [7, 11) is 0. The number of rotatable bonds is 16. The van der Waals surface area contributed by atoms with Gasteiger partial charge in [-0.1, -0.05) is 64.4 Å². The lowest BCUT2D eigenvalue weighted by Gasteiger charge is -2.23. The van der Waals surface area contributed by atoms with Crippen LogP contribution in [0.2, 0.25) is 0 Å². The number of amides is 4. The van der Waals surface area contributed by atoms with Gasteiger partial charge < -0.3 is 36.8 Å². The first-order valence-electron chi connectivity index (χ1n) is 15.0. The number of aryl methyl sites for hydroxylation is 1. The van der Waals surface area contributed by atoms with Crippen molar-refractivity contribution in [2.75, 3.05) is 23.7 Å². The molecule has 3 unspecified atom stereocenters. The minimum absolute atomic E-state index is 0.0326. The van der Waals surface area contributed by atoms with E-state index in [4.69, 9.17) is 0 Å². The van der Waals surface area contributed by atoms with E-state index in [1.165, 1.54) is 0 Å². The molecule has 4 amide bonds. The number of carboxylic acids is 2. The van der Waals surface area contributed by atoms with Crippen LogP contribution < -0.4 is 26.6 Å². The zero-order chi connectivity index (χ0) is 33.7. The van der Waals surface area contributed by atoms with E-state index >= 15 is 0 Å². The van der Waals surface area contributed by atoms with E-state index < -0.39 is 41.9 Å². The first-order chi connectivity index (χ1) is 21.0. The molecular formula is C33H47N5O7. The fraction of sp³-hybridized carbons (Fsp3) is 0.485. The maximum Gasteiger partial charge on any atom is 0.327 e. The number of urea groups is 1. The van der Waals surface area contributed by atoms with Crippen LogP contribution in [0.4, 0.5) is 16.2 Å². The lowest BCUT2D eigenvalue weighted by Crippen LogP contribution is -2.49. The highest BCUT2D eigenvalue weighted by atomic mass is 16.4. The van der Waals surface area contributed by atoms with Gasteiger partial charge in [0.1, 0.15) is 12.1 Å². The topological polar surface area (TPSA) is 186 Å². The summed E-state index contributed by atoms with van der Waals surface area (Å²) in [6, 6.07) is 11.4. The Morgan fingerprint density at radius 2 is 1.31 bits per heavy atom. The number of carbonyl (C=O) groups excluding carboxylic acids is 3. The van der Waals surface area contributed by atoms with Crippen LogP contribution in [0.3, 0.4) is 0 Å². The summed E-state index contributed by atoms with van der Waals surface area (Å²) in [4.78, 5) is 61.5. The number of hydrogen-bond acceptors (Lipinski definition) is 6. The molecule has 0 bridgehead atoms. The third-order valence-electron chi connectivity index (χ3n) is 6.80. The standard InChI is InChI=1S/C33H47N5O7/c1-20(2)17-25(22-9-13-24(14-10-22)36-32(45)35-23-11-7-21(3)8-12-23)29(40)38-27(31(43)44)19-34-16-15-26(30(41)42)37-28(39)18-33(4,5)6/h7-14,20,25-27,34H,15-19H2,1-6H3,(H,37,39)(H,38,40)(H,41,42)(H,43,44)(H2,35,36,45). The lowest BCUT2D eigenvalue weighted by molar-refractivity contribution is -0.142. The SMILES string of the molecule is Cc1ccc(NC(=O)Nc2ccc(C(CC(C)C)C(=O)NC(CNCCC(NC(=O)CC(C)(C)C)C(=O)O)C(=O)O)cc2)cc1. The van der Waals surface area contributed by atoms with E-state index in [0.29, 0.717) is 23.4 Å². The van der Waals surface area contributed by atoms with Crippen molar-refractivity contribution in [1.29, 1.82) is 0 Å². The highest BCUT2D eigenvalue weighted by Crippen LogP contribution is 2.26. The van der Waals surface area contributed by atoms with Crippen LogP contribution in [0.15, 0.2) is 48.5 Å². The molecule has 2 aromatic rings. The van der Waals surface area contributed by atoms with Crippen LogP contribution in [0.1, 0.15) is 70.9 Å². The second-order valence-electron chi connectivity index (χ2n) is 12.8. The van der Waals surface area contributed by atoms with Gasteiger partial charge in [-0.3, -0.25) is 9.59 Å². The fourth-order valence-electron chi connectivity index (χ4n) is 4.54. The second kappa shape index (κ2) is 17.1. The molecule has 0 heterocycles. The molecule has 0 spiro atoms. The van der Waals surface area contributed by atoms with Gasteiger partial charge in [-0.15, -0.1) is 0 Å². The van der Waals surface area contributed by atoms with E-state index in [9.17, 15) is 34.2 Å². The number of aliphatic carboxylic acids is 2. The molecule has 3 atom stereocenters. The smallest absolute Gasteiger partial charge is 0.327 e. The Balaban J connectivity index is 1.98. The van der Waals surface area contributed by atoms with Crippen LogP contribution in [0.5, 0.6) is 0 Å². The minimum Gasteiger partial charge on any atom is -0.480 e. The summed E-state index contributed by atoms with van der Waals surface area (Å²) in [6.07, 6.45) is 0.656. The third kappa shape index (κ3) is 13.8. The summed E-state index contributed by atoms with van der Waals surface area (Å²) in [5.41, 5.74) is 2.61. The molecule has 0 saturated heterocycles. The minimum atomic E-state index is -1.27. The summed E-state index contributed by atoms with van der Waals surface area (Å²) in [5, 5.41) is 32.8. The van der Waals surface area contributed by atoms with Gasteiger partial charge in [-0.05, 0) is 67.5 Å². The molecule has 0 aliphatic rings. The van der Waals surface area contributed by atoms with Gasteiger partial charge in [-0.25, -0.2) is 14.4 Å². The van der Waals surface area contributed by atoms with E-state index in [1.807, 2.05) is 53.7 Å². The van der Waals surface area contributed by atoms with Crippen LogP contribution in [-0.4, -0.2) is 65.2 Å². The van der Waals surface area contributed by atoms with Crippen molar-refractivity contribution in [3.05, 3.63) is 59.7 Å². The van der Waals surface area contributed by atoms with Crippen molar-refractivity contribution in [3.63, 3.8) is 0 Å². The van der Waals surface area contributed by atoms with Crippen LogP contribution in [0.25, 0.3) is 0 Å². The number of benzene rings is 2. The van der Waals surface area contributed by atoms with Crippen molar-refractivity contribution in [3.8, 4) is 0 Å². The van der Waals surface area contributed by atoms with Gasteiger partial charge in [0.05, 0.1) is 5.92 Å². The van der Waals surface area contributed by atoms with Gasteiger partial charge in [-0.2, -0.15) is 0 Å². The van der Waals surface area contributed by atoms with Gasteiger partial charge in [0.15, 0.2) is 0 Å². The van der Waals surface area contributed by atoms with Crippen LogP contribution in [0, 0.1) is 18.3 Å². The third-order valence-corrected chi connectivity index (χ3v) is 6.80. The predicted molar refractivity (Wildman–Crippen MR) is 173 cm³/mol. The Labute approximate surface area is 264 Å². The largest absolute Gasteiger partial charge is 0.480 e. The number of anilines is 2. The number of hydrogen-bond donors (Lipinski definition) is 7. The number of carbonyl (C=O) groups is 5. The molecule has 7 N–H and O–H groups in total. The molecule has 0 aliphatic heterocycles. The quantitative estimate of drug-likeness (QED) is 0.134. The molecule has 12 nitrogen and oxygen atoms in total. The van der Waals surface area contributed by atoms with Crippen LogP contribution >= 0.6 is 0 Å². The van der Waals surface area contributed by atoms with E-state index in [-0.39, 0.29) is 43.2 Å². The fourth-order valence-corrected chi connectivity index (χ4v) is 4.54. The number of nitrogens with one attached hydrogen (secondary N) is 5. The van der Waals surface area contributed by atoms with Crippen molar-refractivity contribution in [2.24, 2.45) is 11.3 Å². The van der Waals surface area contributed by atoms with E-state index in [0.717, 1.165) is 5.56 Å². The summed E-state index contributed by atoms with van der Waals surface area (Å²) in [6.45, 7) is 11.5. The van der Waals surface area contributed by atoms with Gasteiger partial charge in [0, 0.05) is 24.3 Å². The Morgan fingerprint density at radius 3 is 1.80 bits per heavy atom. The maximum atomic E-state index is 13.3. The van der Waals surface area contributed by atoms with Gasteiger partial charge in [0.2, 0.25) is 11.8 Å². The van der Waals surface area contributed by atoms with Crippen molar-refractivity contribution in [2.45, 2.75) is 78.8 Å². The Morgan fingerprint density at radius 1 is 0.778 bits per heavy atom. The molecule has 45 heavy (non-hydrogen) atoms. The van der Waals surface area contributed by atoms with Crippen molar-refractivity contribution in [1.82, 2.24) is 16.0 Å². The van der Waals surface area contributed by atoms with Gasteiger partial charge >= 0.3 is 18.0 Å². The second-order valence-corrected chi connectivity index (χ2v) is 12.8. The van der Waals surface area contributed by atoms with E-state index in [1.54, 1.807) is 36.4 Å². The Kier molecular flexibility index (Phi) is 14.0. The summed E-state index contributed by atoms with van der Waals surface area (Å²) < 4.78 is 0. The molecule has 0 radical (unpaired) electrons. The van der Waals surface area contributed by atoms with Crippen molar-refractivity contribution < 1.29 is 34.2 Å². The molecule has 0 fully saturated rings. The monoisotopic (exact) mass is 625 g/mol. The highest BCUT2D eigenvalue weighted by Gasteiger charge is 2.28. The zero-order valence-corrected chi connectivity index (χ0v) is 26.9. The average molecular weight is 626 g/mol. The Bertz CT molecular complexity index is 1300. The van der Waals surface area contributed by atoms with Crippen molar-refractivity contribution >= 4 is 41.2 Å². The average Bonchev–Trinajstić information content (AvgIpc) is 2.93. The molecule has 2 rings (SSSR count). The molecular weight excluding hydrogens is 578 g/mol. The highest BCUT2D eigenvalue weighted by molar-refractivity contribution is 5.99. The van der Waals surface area contributed by atoms with E-state index in [2.05, 4.69) is 26.6 Å². The molecule has 246 valence electrons. The number of carboxylic acid groups (broad SMARTS) is 2. The molecule has 12 heteroatoms. The predicted octanol–water partition coefficient (Wildman–Crippen LogP) is 4.32. The molecule has 0 aromatic heterocycles. The first kappa shape index (κ1) is 36.7. The first-order valence-corrected chi connectivity index (χ1v) is 15.0. The molecule has 0 aliphatic carbocycles. The lowest BCUT2D eigenvalue weighted by atomic mass is 9.89. The summed E-state index contributed by atoms with van der Waals surface area (Å²) in [5.74, 6) is -3.79. The normalized spacial score (nSPS) is 13.3. The molecule has 0 saturated carbocycles. The molecule has 2 aromatic carbocycles. The zero-order valence-electron chi connectivity index (χ0n) is 26.9. The Hall–Kier alpha value is -4.45. The summed E-state index contributed by atoms with van der Waals surface area (Å²) >= 11 is 0. The maximum absolute atomic E-state index is 13.3. The van der Waals surface area contributed by atoms with Gasteiger partial charge in [0.25, 0.3) is 0 Å². The van der Waals surface area contributed by atoms with Crippen LogP contribution in [-0.2, 0) is 19.2 Å².